The molecule has 4 heavy (non-hydrogen) atoms. The maximum Gasteiger partial charge on any atom is 0 e. The minimum atomic E-state index is 0. The van der Waals surface area contributed by atoms with Crippen LogP contribution >= 0.6 is 0 Å². The summed E-state index contributed by atoms with van der Waals surface area (Å²) in [6, 6.07) is 0. The molecule has 2 radical (unpaired) electrons. The fourth-order valence-electron chi connectivity index (χ4n) is 0. The zero-order chi connectivity index (χ0) is 2.00. The number of hydrogen-bond acceptors (Lipinski definition) is 2. The average molecular weight is 372 g/mol. The molecule has 0 aromatic heterocycles. The molecule has 0 rings (SSSR count). The van der Waals surface area contributed by atoms with Crippen LogP contribution in [0.1, 0.15) is 0 Å². The van der Waals surface area contributed by atoms with Gasteiger partial charge in [0.05, 0.1) is 0 Å². The zero-order valence-electron chi connectivity index (χ0n) is 1.45. The van der Waals surface area contributed by atoms with Crippen molar-refractivity contribution >= 4 is 0 Å². The van der Waals surface area contributed by atoms with Crippen LogP contribution in [0.15, 0.2) is 0 Å². The Morgan fingerprint density at radius 3 is 0.750 bits per heavy atom. The van der Waals surface area contributed by atoms with Crippen molar-refractivity contribution < 1.29 is 84.3 Å². The molecule has 0 aromatic rings. The Morgan fingerprint density at radius 2 is 0.750 bits per heavy atom. The second kappa shape index (κ2) is 18.2. The van der Waals surface area contributed by atoms with Gasteiger partial charge in [0.2, 0.25) is 0 Å². The Morgan fingerprint density at radius 1 is 0.750 bits per heavy atom. The van der Waals surface area contributed by atoms with Gasteiger partial charge < -0.3 is 0 Å². The normalized spacial score (nSPS) is 1.50. The van der Waals surface area contributed by atoms with Gasteiger partial charge >= 0.3 is 0 Å². The summed E-state index contributed by atoms with van der Waals surface area (Å²) < 4.78 is 0. The van der Waals surface area contributed by atoms with E-state index in [9.17, 15) is 0 Å². The molecule has 0 aliphatic carbocycles. The molecule has 0 saturated heterocycles. The van der Waals surface area contributed by atoms with Gasteiger partial charge in [0.1, 0.15) is 0 Å². The van der Waals surface area contributed by atoms with E-state index in [0.29, 0.717) is 0 Å². The molecule has 4 heteroatoms. The molecule has 0 spiro atoms. The SMILES string of the molecule is OO.[Tm].[Tm]. The van der Waals surface area contributed by atoms with Crippen LogP contribution in [0.25, 0.3) is 0 Å². The van der Waals surface area contributed by atoms with Crippen LogP contribution in [0.4, 0.5) is 0 Å². The van der Waals surface area contributed by atoms with Gasteiger partial charge in [-0.15, -0.1) is 0 Å². The summed E-state index contributed by atoms with van der Waals surface area (Å²) in [5.41, 5.74) is 0. The third kappa shape index (κ3) is 8.83. The maximum atomic E-state index is 6.00. The minimum absolute atomic E-state index is 0. The van der Waals surface area contributed by atoms with E-state index in [0.717, 1.165) is 0 Å². The molecule has 0 saturated carbocycles. The molecule has 0 atom stereocenters. The standard InChI is InChI=1S/H2O2.2Tm/c1-2;;/h1-2H;;. The Balaban J connectivity index is -0.00000000500. The van der Waals surface area contributed by atoms with Crippen molar-refractivity contribution in [1.29, 1.82) is 0 Å². The third-order valence-electron chi connectivity index (χ3n) is 0. The van der Waals surface area contributed by atoms with E-state index < -0.39 is 0 Å². The van der Waals surface area contributed by atoms with Crippen LogP contribution in [0.3, 0.4) is 0 Å². The predicted octanol–water partition coefficient (Wildman–Crippen LogP) is 0.0174. The van der Waals surface area contributed by atoms with Gasteiger partial charge in [0.25, 0.3) is 0 Å². The predicted molar refractivity (Wildman–Crippen MR) is 5.26 cm³/mol. The van der Waals surface area contributed by atoms with Crippen molar-refractivity contribution in [3.05, 3.63) is 0 Å². The summed E-state index contributed by atoms with van der Waals surface area (Å²) in [6.45, 7) is 0. The molecule has 0 bridgehead atoms. The van der Waals surface area contributed by atoms with Gasteiger partial charge in [-0.25, -0.2) is 0 Å². The third-order valence-corrected chi connectivity index (χ3v) is 0. The Kier molecular flexibility index (Phi) is 73.5. The fraction of sp³-hybridized carbons (Fsp3) is 0. The van der Waals surface area contributed by atoms with Crippen molar-refractivity contribution in [2.45, 2.75) is 0 Å². The summed E-state index contributed by atoms with van der Waals surface area (Å²) in [6.07, 6.45) is 0. The molecule has 0 aromatic carbocycles. The number of hydrogen-bond donors (Lipinski definition) is 2. The smallest absolute Gasteiger partial charge is 0 e. The first-order valence-corrected chi connectivity index (χ1v) is 0.200. The molecule has 2 nitrogen and oxygen atoms in total. The first-order valence-electron chi connectivity index (χ1n) is 0.200. The summed E-state index contributed by atoms with van der Waals surface area (Å²) >= 11 is 0. The molecule has 0 unspecified atom stereocenters. The van der Waals surface area contributed by atoms with E-state index in [1.54, 1.807) is 0 Å². The monoisotopic (exact) mass is 372 g/mol. The van der Waals surface area contributed by atoms with Crippen molar-refractivity contribution in [3.8, 4) is 0 Å². The molecule has 2 N–H and O–H groups in total. The van der Waals surface area contributed by atoms with Crippen molar-refractivity contribution in [2.75, 3.05) is 0 Å². The Labute approximate surface area is 82.5 Å². The van der Waals surface area contributed by atoms with Crippen molar-refractivity contribution in [2.24, 2.45) is 0 Å². The quantitative estimate of drug-likeness (QED) is 0.465. The molecule has 0 fully saturated rings. The second-order valence-electron chi connectivity index (χ2n) is 0. The van der Waals surface area contributed by atoms with E-state index in [4.69, 9.17) is 10.5 Å². The molecule has 0 amide bonds. The van der Waals surface area contributed by atoms with Crippen LogP contribution < -0.4 is 0 Å². The van der Waals surface area contributed by atoms with E-state index in [1.165, 1.54) is 0 Å². The maximum absolute atomic E-state index is 6.00. The fourth-order valence-corrected chi connectivity index (χ4v) is 0. The summed E-state index contributed by atoms with van der Waals surface area (Å²) in [4.78, 5) is 0. The van der Waals surface area contributed by atoms with Gasteiger partial charge in [-0.2, -0.15) is 0 Å². The van der Waals surface area contributed by atoms with E-state index in [2.05, 4.69) is 0 Å². The first-order chi connectivity index (χ1) is 1.00. The van der Waals surface area contributed by atoms with Crippen LogP contribution in [-0.2, 0) is 0 Å². The van der Waals surface area contributed by atoms with Crippen molar-refractivity contribution in [3.63, 3.8) is 0 Å². The molecular weight excluding hydrogens is 370 g/mol. The topological polar surface area (TPSA) is 40.5 Å². The largest absolute Gasteiger partial charge is 0.255 e. The zero-order valence-corrected chi connectivity index (χ0v) is 5.01. The van der Waals surface area contributed by atoms with E-state index >= 15 is 0 Å². The van der Waals surface area contributed by atoms with Gasteiger partial charge in [-0.1, -0.05) is 0 Å². The summed E-state index contributed by atoms with van der Waals surface area (Å²) in [7, 11) is 0. The second-order valence-corrected chi connectivity index (χ2v) is 0. The minimum Gasteiger partial charge on any atom is -0.255 e. The summed E-state index contributed by atoms with van der Waals surface area (Å²) in [5.74, 6) is 0. The van der Waals surface area contributed by atoms with E-state index in [-0.39, 0.29) is 73.7 Å². The van der Waals surface area contributed by atoms with Crippen LogP contribution in [0.2, 0.25) is 0 Å². The average Bonchev–Trinajstić information content (AvgIpc) is 1.00. The molecular formula is H2O2Tm2. The van der Waals surface area contributed by atoms with Crippen LogP contribution in [0.5, 0.6) is 0 Å². The first kappa shape index (κ1) is 16.2. The summed E-state index contributed by atoms with van der Waals surface area (Å²) in [5, 5.41) is 12.0. The van der Waals surface area contributed by atoms with E-state index in [1.807, 2.05) is 0 Å². The van der Waals surface area contributed by atoms with Gasteiger partial charge in [0, 0.05) is 73.7 Å². The van der Waals surface area contributed by atoms with Gasteiger partial charge in [0.15, 0.2) is 0 Å². The Bertz CT molecular complexity index is 4.00. The number of rotatable bonds is 0. The molecule has 0 heterocycles. The van der Waals surface area contributed by atoms with Crippen LogP contribution in [0, 0.1) is 73.7 Å². The van der Waals surface area contributed by atoms with Gasteiger partial charge in [-0.05, 0) is 0 Å². The van der Waals surface area contributed by atoms with Crippen molar-refractivity contribution in [1.82, 2.24) is 0 Å². The molecule has 0 aliphatic rings. The Hall–Kier alpha value is 2.39. The van der Waals surface area contributed by atoms with Gasteiger partial charge in [-0.3, -0.25) is 10.5 Å². The molecule has 40 valence electrons. The molecule has 0 aliphatic heterocycles. The van der Waals surface area contributed by atoms with Crippen LogP contribution in [-0.4, -0.2) is 10.5 Å².